The highest BCUT2D eigenvalue weighted by molar-refractivity contribution is 5.63. The number of fused-ring (bicyclic) bond motifs is 3. The van der Waals surface area contributed by atoms with Crippen molar-refractivity contribution in [3.05, 3.63) is 77.4 Å². The van der Waals surface area contributed by atoms with Crippen LogP contribution in [-0.4, -0.2) is 83.7 Å². The highest BCUT2D eigenvalue weighted by atomic mass is 16.7. The van der Waals surface area contributed by atoms with E-state index in [-0.39, 0.29) is 35.0 Å². The summed E-state index contributed by atoms with van der Waals surface area (Å²) in [4.78, 5) is 0. The minimum Gasteiger partial charge on any atom is -0.496 e. The van der Waals surface area contributed by atoms with Crippen LogP contribution in [0.3, 0.4) is 0 Å². The predicted molar refractivity (Wildman–Crippen MR) is 152 cm³/mol. The van der Waals surface area contributed by atoms with Gasteiger partial charge in [0.25, 0.3) is 0 Å². The van der Waals surface area contributed by atoms with Crippen molar-refractivity contribution in [2.45, 2.75) is 67.3 Å². The predicted octanol–water partition coefficient (Wildman–Crippen LogP) is 1.94. The number of methoxy groups -OCH3 is 3. The molecule has 11 nitrogen and oxygen atoms in total. The summed E-state index contributed by atoms with van der Waals surface area (Å²) in [6, 6.07) is 17.7. The van der Waals surface area contributed by atoms with Crippen molar-refractivity contribution in [1.82, 2.24) is 0 Å². The first-order valence-corrected chi connectivity index (χ1v) is 14.1. The maximum absolute atomic E-state index is 12.7. The minimum atomic E-state index is -1.98. The topological polar surface area (TPSA) is 157 Å². The molecule has 5 N–H and O–H groups in total. The second kappa shape index (κ2) is 10.8. The lowest BCUT2D eigenvalue weighted by Crippen LogP contribution is -2.58. The molecule has 0 amide bonds. The van der Waals surface area contributed by atoms with Crippen LogP contribution < -0.4 is 23.7 Å². The average Bonchev–Trinajstić information content (AvgIpc) is 3.43. The molecule has 1 saturated heterocycles. The Hall–Kier alpha value is -3.58. The Kier molecular flexibility index (Phi) is 7.44. The monoisotopic (exact) mass is 596 g/mol. The molecular weight excluding hydrogens is 560 g/mol. The SMILES string of the molecule is COc1cc(OC)c2c(c1)O[C@@]1(c3ccc(OC)c(O[C@@H]4O[C@@H](C)[C@H](O)[C@@H](O)[C@H]4O)c3)[C@H](c3ccccc3)C[C@@H](O)[C@@]21O. The van der Waals surface area contributed by atoms with E-state index < -0.39 is 53.9 Å². The van der Waals surface area contributed by atoms with E-state index in [1.165, 1.54) is 21.3 Å². The fourth-order valence-electron chi connectivity index (χ4n) is 6.82. The summed E-state index contributed by atoms with van der Waals surface area (Å²) in [5, 5.41) is 55.6. The van der Waals surface area contributed by atoms with Gasteiger partial charge in [-0.15, -0.1) is 0 Å². The van der Waals surface area contributed by atoms with Crippen molar-refractivity contribution in [2.24, 2.45) is 0 Å². The van der Waals surface area contributed by atoms with Gasteiger partial charge in [-0.2, -0.15) is 0 Å². The molecule has 0 bridgehead atoms. The molecule has 3 aliphatic rings. The first-order chi connectivity index (χ1) is 20.6. The standard InChI is InChI=1S/C32H36O11/c1-16-27(34)28(35)29(36)30(41-16)42-22-12-18(10-11-21(22)39-3)32-20(17-8-6-5-7-9-17)15-25(33)31(32,37)26-23(40-4)13-19(38-2)14-24(26)43-32/h5-14,16,20,25,27-30,33-37H,15H2,1-4H3/t16-,20-,25+,27-,28+,29+,30-,31+,32-/m0/s1. The molecule has 11 heteroatoms. The second-order valence-corrected chi connectivity index (χ2v) is 11.2. The molecule has 0 radical (unpaired) electrons. The van der Waals surface area contributed by atoms with E-state index in [0.29, 0.717) is 11.3 Å². The summed E-state index contributed by atoms with van der Waals surface area (Å²) in [6.07, 6.45) is -7.67. The van der Waals surface area contributed by atoms with Crippen LogP contribution in [0.1, 0.15) is 36.0 Å². The first kappa shape index (κ1) is 29.5. The first-order valence-electron chi connectivity index (χ1n) is 14.1. The van der Waals surface area contributed by atoms with Gasteiger partial charge >= 0.3 is 0 Å². The lowest BCUT2D eigenvalue weighted by molar-refractivity contribution is -0.268. The highest BCUT2D eigenvalue weighted by Gasteiger charge is 2.73. The Morgan fingerprint density at radius 3 is 2.19 bits per heavy atom. The Bertz CT molecular complexity index is 1480. The van der Waals surface area contributed by atoms with Gasteiger partial charge in [-0.25, -0.2) is 0 Å². The Balaban J connectivity index is 1.54. The van der Waals surface area contributed by atoms with E-state index in [1.807, 2.05) is 30.3 Å². The van der Waals surface area contributed by atoms with Gasteiger partial charge in [0.2, 0.25) is 6.29 Å². The summed E-state index contributed by atoms with van der Waals surface area (Å²) in [5.74, 6) is 0.861. The summed E-state index contributed by atoms with van der Waals surface area (Å²) >= 11 is 0. The van der Waals surface area contributed by atoms with Gasteiger partial charge in [-0.1, -0.05) is 36.4 Å². The Morgan fingerprint density at radius 1 is 0.791 bits per heavy atom. The van der Waals surface area contributed by atoms with Crippen molar-refractivity contribution >= 4 is 0 Å². The quantitative estimate of drug-likeness (QED) is 0.272. The summed E-state index contributed by atoms with van der Waals surface area (Å²) < 4.78 is 35.2. The summed E-state index contributed by atoms with van der Waals surface area (Å²) in [6.45, 7) is 1.55. The minimum absolute atomic E-state index is 0.119. The fraction of sp³-hybridized carbons (Fsp3) is 0.438. The number of rotatable bonds is 7. The Labute approximate surface area is 248 Å². The third-order valence-electron chi connectivity index (χ3n) is 8.99. The van der Waals surface area contributed by atoms with Crippen molar-refractivity contribution in [3.63, 3.8) is 0 Å². The average molecular weight is 597 g/mol. The van der Waals surface area contributed by atoms with E-state index in [4.69, 9.17) is 28.4 Å². The zero-order chi connectivity index (χ0) is 30.7. The summed E-state index contributed by atoms with van der Waals surface area (Å²) in [7, 11) is 4.42. The van der Waals surface area contributed by atoms with Crippen LogP contribution in [0, 0.1) is 0 Å². The fourth-order valence-corrected chi connectivity index (χ4v) is 6.82. The van der Waals surface area contributed by atoms with Crippen LogP contribution in [0.4, 0.5) is 0 Å². The van der Waals surface area contributed by atoms with Gasteiger partial charge in [-0.05, 0) is 31.0 Å². The number of benzene rings is 3. The number of hydrogen-bond acceptors (Lipinski definition) is 11. The molecule has 0 spiro atoms. The number of ether oxygens (including phenoxy) is 6. The highest BCUT2D eigenvalue weighted by Crippen LogP contribution is 2.68. The molecule has 1 saturated carbocycles. The van der Waals surface area contributed by atoms with Crippen LogP contribution in [0.5, 0.6) is 28.7 Å². The second-order valence-electron chi connectivity index (χ2n) is 11.2. The largest absolute Gasteiger partial charge is 0.496 e. The van der Waals surface area contributed by atoms with Crippen molar-refractivity contribution in [3.8, 4) is 28.7 Å². The van der Waals surface area contributed by atoms with Gasteiger partial charge < -0.3 is 54.0 Å². The van der Waals surface area contributed by atoms with Crippen molar-refractivity contribution < 1.29 is 54.0 Å². The molecule has 3 aromatic carbocycles. The molecule has 0 aromatic heterocycles. The van der Waals surface area contributed by atoms with Crippen LogP contribution >= 0.6 is 0 Å². The molecule has 9 atom stereocenters. The lowest BCUT2D eigenvalue weighted by atomic mass is 9.71. The summed E-state index contributed by atoms with van der Waals surface area (Å²) in [5.41, 5.74) is -2.02. The third-order valence-corrected chi connectivity index (χ3v) is 8.99. The normalized spacial score (nSPS) is 34.6. The zero-order valence-electron chi connectivity index (χ0n) is 24.2. The van der Waals surface area contributed by atoms with Crippen LogP contribution in [0.25, 0.3) is 0 Å². The van der Waals surface area contributed by atoms with Crippen molar-refractivity contribution in [1.29, 1.82) is 0 Å². The molecule has 230 valence electrons. The molecule has 43 heavy (non-hydrogen) atoms. The molecular formula is C32H36O11. The number of hydrogen-bond donors (Lipinski definition) is 5. The molecule has 2 fully saturated rings. The van der Waals surface area contributed by atoms with Crippen LogP contribution in [0.2, 0.25) is 0 Å². The van der Waals surface area contributed by atoms with Gasteiger partial charge in [0, 0.05) is 23.6 Å². The van der Waals surface area contributed by atoms with Gasteiger partial charge in [0.1, 0.15) is 35.6 Å². The zero-order valence-corrected chi connectivity index (χ0v) is 24.2. The van der Waals surface area contributed by atoms with E-state index in [0.717, 1.165) is 5.56 Å². The third kappa shape index (κ3) is 4.26. The molecule has 2 heterocycles. The van der Waals surface area contributed by atoms with E-state index in [2.05, 4.69) is 0 Å². The van der Waals surface area contributed by atoms with Gasteiger partial charge in [0.15, 0.2) is 22.7 Å². The van der Waals surface area contributed by atoms with Gasteiger partial charge in [0.05, 0.1) is 39.1 Å². The molecule has 2 aliphatic heterocycles. The van der Waals surface area contributed by atoms with Gasteiger partial charge in [-0.3, -0.25) is 0 Å². The number of aliphatic hydroxyl groups excluding tert-OH is 4. The van der Waals surface area contributed by atoms with E-state index >= 15 is 0 Å². The van der Waals surface area contributed by atoms with Crippen molar-refractivity contribution in [2.75, 3.05) is 21.3 Å². The molecule has 1 aliphatic carbocycles. The van der Waals surface area contributed by atoms with E-state index in [9.17, 15) is 25.5 Å². The molecule has 3 aromatic rings. The lowest BCUT2D eigenvalue weighted by Gasteiger charge is -2.41. The number of aliphatic hydroxyl groups is 5. The Morgan fingerprint density at radius 2 is 1.51 bits per heavy atom. The smallest absolute Gasteiger partial charge is 0.229 e. The molecule has 6 rings (SSSR count). The maximum Gasteiger partial charge on any atom is 0.229 e. The maximum atomic E-state index is 12.7. The van der Waals surface area contributed by atoms with E-state index in [1.54, 1.807) is 37.3 Å². The molecule has 0 unspecified atom stereocenters. The van der Waals surface area contributed by atoms with Crippen LogP contribution in [-0.2, 0) is 15.9 Å². The van der Waals surface area contributed by atoms with Crippen LogP contribution in [0.15, 0.2) is 60.7 Å².